The van der Waals surface area contributed by atoms with Gasteiger partial charge in [0, 0.05) is 0 Å². The van der Waals surface area contributed by atoms with Crippen molar-refractivity contribution in [1.82, 2.24) is 0 Å². The van der Waals surface area contributed by atoms with Crippen molar-refractivity contribution in [2.45, 2.75) is 25.9 Å². The van der Waals surface area contributed by atoms with Crippen LogP contribution in [0.4, 0.5) is 0 Å². The Morgan fingerprint density at radius 3 is 2.50 bits per heavy atom. The van der Waals surface area contributed by atoms with Crippen LogP contribution in [0.5, 0.6) is 0 Å². The van der Waals surface area contributed by atoms with E-state index in [9.17, 15) is 5.11 Å². The summed E-state index contributed by atoms with van der Waals surface area (Å²) in [4.78, 5) is 0. The molecule has 1 atom stereocenters. The van der Waals surface area contributed by atoms with Crippen molar-refractivity contribution in [2.75, 3.05) is 0 Å². The van der Waals surface area contributed by atoms with Gasteiger partial charge in [0.1, 0.15) is 0 Å². The zero-order chi connectivity index (χ0) is 10.6. The topological polar surface area (TPSA) is 20.2 Å². The number of hydrogen-bond donors (Lipinski definition) is 1. The van der Waals surface area contributed by atoms with Gasteiger partial charge < -0.3 is 0 Å². The summed E-state index contributed by atoms with van der Waals surface area (Å²) >= 11 is 0.167. The number of benzene rings is 1. The standard InChI is InChI=1S/C12H16OSe/c1-4-12(3,13)10(2)14-11-8-6-5-7-9-11/h5-9,13H,2,4H2,1,3H3. The third-order valence-electron chi connectivity index (χ3n) is 2.27. The molecule has 0 amide bonds. The van der Waals surface area contributed by atoms with E-state index in [-0.39, 0.29) is 15.0 Å². The van der Waals surface area contributed by atoms with Gasteiger partial charge in [0.05, 0.1) is 0 Å². The molecule has 14 heavy (non-hydrogen) atoms. The molecule has 1 aromatic carbocycles. The molecule has 1 nitrogen and oxygen atoms in total. The fourth-order valence-corrected chi connectivity index (χ4v) is 2.91. The summed E-state index contributed by atoms with van der Waals surface area (Å²) in [6.07, 6.45) is 0.723. The molecule has 0 spiro atoms. The van der Waals surface area contributed by atoms with Crippen molar-refractivity contribution < 1.29 is 5.11 Å². The van der Waals surface area contributed by atoms with Gasteiger partial charge in [0.15, 0.2) is 0 Å². The molecular formula is C12H16OSe. The molecule has 1 unspecified atom stereocenters. The van der Waals surface area contributed by atoms with Crippen LogP contribution in [0.15, 0.2) is 41.4 Å². The van der Waals surface area contributed by atoms with E-state index in [1.165, 1.54) is 4.46 Å². The first-order valence-corrected chi connectivity index (χ1v) is 6.42. The van der Waals surface area contributed by atoms with Crippen molar-refractivity contribution >= 4 is 19.4 Å². The zero-order valence-electron chi connectivity index (χ0n) is 8.66. The fourth-order valence-electron chi connectivity index (χ4n) is 0.938. The molecule has 0 bridgehead atoms. The van der Waals surface area contributed by atoms with Gasteiger partial charge in [-0.3, -0.25) is 0 Å². The van der Waals surface area contributed by atoms with E-state index < -0.39 is 5.60 Å². The van der Waals surface area contributed by atoms with Gasteiger partial charge >= 0.3 is 91.8 Å². The van der Waals surface area contributed by atoms with Crippen molar-refractivity contribution in [3.05, 3.63) is 41.4 Å². The molecule has 0 aliphatic carbocycles. The van der Waals surface area contributed by atoms with Crippen molar-refractivity contribution in [3.63, 3.8) is 0 Å². The summed E-state index contributed by atoms with van der Waals surface area (Å²) in [7, 11) is 0. The molecule has 0 radical (unpaired) electrons. The van der Waals surface area contributed by atoms with Crippen LogP contribution >= 0.6 is 0 Å². The summed E-state index contributed by atoms with van der Waals surface area (Å²) in [6.45, 7) is 7.78. The quantitative estimate of drug-likeness (QED) is 0.812. The molecule has 0 fully saturated rings. The summed E-state index contributed by atoms with van der Waals surface area (Å²) < 4.78 is 2.21. The van der Waals surface area contributed by atoms with E-state index in [0.717, 1.165) is 10.9 Å². The van der Waals surface area contributed by atoms with E-state index in [4.69, 9.17) is 0 Å². The van der Waals surface area contributed by atoms with Crippen LogP contribution < -0.4 is 4.46 Å². The Kier molecular flexibility index (Phi) is 3.94. The Labute approximate surface area is 92.0 Å². The fraction of sp³-hybridized carbons (Fsp3) is 0.333. The Balaban J connectivity index is 2.67. The maximum atomic E-state index is 9.97. The molecule has 76 valence electrons. The number of rotatable bonds is 4. The summed E-state index contributed by atoms with van der Waals surface area (Å²) in [5, 5.41) is 9.97. The Bertz CT molecular complexity index is 303. The second-order valence-electron chi connectivity index (χ2n) is 3.47. The van der Waals surface area contributed by atoms with Crippen molar-refractivity contribution in [2.24, 2.45) is 0 Å². The van der Waals surface area contributed by atoms with Crippen molar-refractivity contribution in [3.8, 4) is 0 Å². The molecule has 2 heteroatoms. The molecule has 1 aromatic rings. The minimum atomic E-state index is -0.712. The van der Waals surface area contributed by atoms with Crippen LogP contribution in [0.1, 0.15) is 20.3 Å². The molecule has 0 saturated heterocycles. The van der Waals surface area contributed by atoms with Gasteiger partial charge in [0.2, 0.25) is 0 Å². The van der Waals surface area contributed by atoms with E-state index in [2.05, 4.69) is 18.7 Å². The molecule has 0 saturated carbocycles. The number of aliphatic hydroxyl groups is 1. The molecular weight excluding hydrogens is 239 g/mol. The monoisotopic (exact) mass is 256 g/mol. The van der Waals surface area contributed by atoms with Crippen LogP contribution in [0, 0.1) is 0 Å². The molecule has 0 aliphatic rings. The first-order valence-electron chi connectivity index (χ1n) is 4.71. The molecule has 0 aromatic heterocycles. The Hall–Kier alpha value is -0.561. The average Bonchev–Trinajstić information content (AvgIpc) is 2.19. The van der Waals surface area contributed by atoms with Crippen LogP contribution in [0.25, 0.3) is 0 Å². The first-order chi connectivity index (χ1) is 6.56. The normalized spacial score (nSPS) is 14.8. The van der Waals surface area contributed by atoms with E-state index in [0.29, 0.717) is 0 Å². The van der Waals surface area contributed by atoms with Gasteiger partial charge in [-0.25, -0.2) is 0 Å². The minimum absolute atomic E-state index is 0.167. The van der Waals surface area contributed by atoms with Gasteiger partial charge in [0.25, 0.3) is 0 Å². The summed E-state index contributed by atoms with van der Waals surface area (Å²) in [5.74, 6) is 0. The maximum absolute atomic E-state index is 9.97. The van der Waals surface area contributed by atoms with E-state index in [1.807, 2.05) is 32.0 Å². The third kappa shape index (κ3) is 2.98. The second kappa shape index (κ2) is 4.79. The first kappa shape index (κ1) is 11.5. The Morgan fingerprint density at radius 1 is 1.43 bits per heavy atom. The van der Waals surface area contributed by atoms with Crippen LogP contribution in [0.2, 0.25) is 0 Å². The molecule has 0 aliphatic heterocycles. The van der Waals surface area contributed by atoms with Gasteiger partial charge in [-0.05, 0) is 0 Å². The summed E-state index contributed by atoms with van der Waals surface area (Å²) in [6, 6.07) is 10.2. The Morgan fingerprint density at radius 2 is 2.00 bits per heavy atom. The SMILES string of the molecule is C=C([Se]c1ccccc1)C(C)(O)CC. The van der Waals surface area contributed by atoms with E-state index in [1.54, 1.807) is 0 Å². The van der Waals surface area contributed by atoms with Gasteiger partial charge in [-0.15, -0.1) is 0 Å². The number of hydrogen-bond acceptors (Lipinski definition) is 1. The van der Waals surface area contributed by atoms with E-state index >= 15 is 0 Å². The van der Waals surface area contributed by atoms with Crippen LogP contribution in [-0.2, 0) is 0 Å². The van der Waals surface area contributed by atoms with Gasteiger partial charge in [-0.1, -0.05) is 0 Å². The predicted molar refractivity (Wildman–Crippen MR) is 61.9 cm³/mol. The van der Waals surface area contributed by atoms with Crippen molar-refractivity contribution in [1.29, 1.82) is 0 Å². The molecule has 1 rings (SSSR count). The molecule has 0 heterocycles. The van der Waals surface area contributed by atoms with Crippen LogP contribution in [-0.4, -0.2) is 25.7 Å². The predicted octanol–water partition coefficient (Wildman–Crippen LogP) is 1.69. The zero-order valence-corrected chi connectivity index (χ0v) is 10.4. The third-order valence-corrected chi connectivity index (χ3v) is 4.78. The second-order valence-corrected chi connectivity index (χ2v) is 5.92. The average molecular weight is 255 g/mol. The van der Waals surface area contributed by atoms with Crippen LogP contribution in [0.3, 0.4) is 0 Å². The van der Waals surface area contributed by atoms with Gasteiger partial charge in [-0.2, -0.15) is 0 Å². The summed E-state index contributed by atoms with van der Waals surface area (Å²) in [5.41, 5.74) is -0.712. The molecule has 1 N–H and O–H groups in total.